The van der Waals surface area contributed by atoms with E-state index in [9.17, 15) is 0 Å². The minimum atomic E-state index is 0.817. The van der Waals surface area contributed by atoms with Gasteiger partial charge in [0.1, 0.15) is 5.69 Å². The Hall–Kier alpha value is -2.85. The highest BCUT2D eigenvalue weighted by molar-refractivity contribution is 7.25. The highest BCUT2D eigenvalue weighted by Gasteiger charge is 2.13. The van der Waals surface area contributed by atoms with Crippen LogP contribution in [0.4, 0.5) is 0 Å². The average Bonchev–Trinajstić information content (AvgIpc) is 3.00. The second-order valence-electron chi connectivity index (χ2n) is 5.42. The van der Waals surface area contributed by atoms with Crippen molar-refractivity contribution in [3.8, 4) is 11.4 Å². The lowest BCUT2D eigenvalue weighted by Crippen LogP contribution is -1.91. The molecule has 108 valence electrons. The molecule has 5 rings (SSSR count). The minimum Gasteiger partial charge on any atom is -0.254 e. The van der Waals surface area contributed by atoms with E-state index in [2.05, 4.69) is 57.6 Å². The van der Waals surface area contributed by atoms with Gasteiger partial charge in [-0.05, 0) is 24.3 Å². The Labute approximate surface area is 136 Å². The summed E-state index contributed by atoms with van der Waals surface area (Å²) >= 11 is 1.79. The fourth-order valence-corrected chi connectivity index (χ4v) is 4.07. The van der Waals surface area contributed by atoms with Gasteiger partial charge in [-0.3, -0.25) is 4.98 Å². The molecule has 3 nitrogen and oxygen atoms in total. The van der Waals surface area contributed by atoms with E-state index in [1.165, 1.54) is 14.8 Å². The number of rotatable bonds is 1. The van der Waals surface area contributed by atoms with Crippen molar-refractivity contribution in [1.82, 2.24) is 15.2 Å². The topological polar surface area (TPSA) is 38.7 Å². The van der Waals surface area contributed by atoms with Gasteiger partial charge in [0.05, 0.1) is 11.2 Å². The Morgan fingerprint density at radius 2 is 1.65 bits per heavy atom. The van der Waals surface area contributed by atoms with E-state index in [0.717, 1.165) is 27.7 Å². The Morgan fingerprint density at radius 1 is 0.783 bits per heavy atom. The Balaban J connectivity index is 1.87. The third-order valence-electron chi connectivity index (χ3n) is 4.03. The standard InChI is InChI=1S/C19H11N3S/c1-3-7-14-12(5-1)11-15(22-21-14)19-18-13-6-2-4-8-16(13)23-17(18)9-10-20-19/h1-11H. The van der Waals surface area contributed by atoms with Crippen molar-refractivity contribution in [3.63, 3.8) is 0 Å². The van der Waals surface area contributed by atoms with Gasteiger partial charge < -0.3 is 0 Å². The van der Waals surface area contributed by atoms with E-state index < -0.39 is 0 Å². The van der Waals surface area contributed by atoms with Crippen LogP contribution in [0.3, 0.4) is 0 Å². The van der Waals surface area contributed by atoms with Gasteiger partial charge in [0.25, 0.3) is 0 Å². The summed E-state index contributed by atoms with van der Waals surface area (Å²) in [6.07, 6.45) is 1.85. The van der Waals surface area contributed by atoms with Gasteiger partial charge in [0.15, 0.2) is 0 Å². The normalized spacial score (nSPS) is 11.5. The van der Waals surface area contributed by atoms with Gasteiger partial charge >= 0.3 is 0 Å². The molecule has 4 heteroatoms. The molecule has 0 saturated carbocycles. The van der Waals surface area contributed by atoms with Crippen molar-refractivity contribution in [2.45, 2.75) is 0 Å². The number of hydrogen-bond donors (Lipinski definition) is 0. The molecule has 0 atom stereocenters. The first-order chi connectivity index (χ1) is 11.4. The summed E-state index contributed by atoms with van der Waals surface area (Å²) in [6, 6.07) is 20.6. The monoisotopic (exact) mass is 313 g/mol. The predicted octanol–water partition coefficient (Wildman–Crippen LogP) is 5.06. The van der Waals surface area contributed by atoms with Crippen LogP contribution >= 0.6 is 11.3 Å². The summed E-state index contributed by atoms with van der Waals surface area (Å²) in [5, 5.41) is 12.2. The highest BCUT2D eigenvalue weighted by atomic mass is 32.1. The maximum atomic E-state index is 4.61. The molecular formula is C19H11N3S. The molecule has 0 bridgehead atoms. The molecule has 23 heavy (non-hydrogen) atoms. The van der Waals surface area contributed by atoms with Crippen molar-refractivity contribution in [2.75, 3.05) is 0 Å². The maximum Gasteiger partial charge on any atom is 0.113 e. The Morgan fingerprint density at radius 3 is 2.65 bits per heavy atom. The molecule has 0 fully saturated rings. The SMILES string of the molecule is c1ccc2nnc(-c3nccc4sc5ccccc5c34)cc2c1. The lowest BCUT2D eigenvalue weighted by molar-refractivity contribution is 1.07. The highest BCUT2D eigenvalue weighted by Crippen LogP contribution is 2.38. The predicted molar refractivity (Wildman–Crippen MR) is 95.7 cm³/mol. The van der Waals surface area contributed by atoms with Crippen LogP contribution in [0.1, 0.15) is 0 Å². The molecule has 0 aliphatic rings. The number of benzene rings is 2. The molecular weight excluding hydrogens is 302 g/mol. The number of fused-ring (bicyclic) bond motifs is 4. The zero-order chi connectivity index (χ0) is 15.2. The van der Waals surface area contributed by atoms with E-state index in [0.29, 0.717) is 0 Å². The number of nitrogens with zero attached hydrogens (tertiary/aromatic N) is 3. The fourth-order valence-electron chi connectivity index (χ4n) is 2.96. The van der Waals surface area contributed by atoms with E-state index in [-0.39, 0.29) is 0 Å². The van der Waals surface area contributed by atoms with E-state index in [4.69, 9.17) is 0 Å². The smallest absolute Gasteiger partial charge is 0.113 e. The number of hydrogen-bond acceptors (Lipinski definition) is 4. The van der Waals surface area contributed by atoms with Crippen LogP contribution in [-0.4, -0.2) is 15.2 Å². The van der Waals surface area contributed by atoms with Crippen LogP contribution in [0.25, 0.3) is 42.5 Å². The average molecular weight is 313 g/mol. The van der Waals surface area contributed by atoms with E-state index in [1.807, 2.05) is 24.4 Å². The summed E-state index contributed by atoms with van der Waals surface area (Å²) in [5.74, 6) is 0. The van der Waals surface area contributed by atoms with Crippen molar-refractivity contribution < 1.29 is 0 Å². The van der Waals surface area contributed by atoms with Gasteiger partial charge in [-0.25, -0.2) is 0 Å². The zero-order valence-corrected chi connectivity index (χ0v) is 12.9. The first-order valence-corrected chi connectivity index (χ1v) is 8.21. The number of aromatic nitrogens is 3. The Kier molecular flexibility index (Phi) is 2.66. The molecule has 0 saturated heterocycles. The van der Waals surface area contributed by atoms with Gasteiger partial charge in [-0.1, -0.05) is 36.4 Å². The molecule has 3 aromatic heterocycles. The summed E-state index contributed by atoms with van der Waals surface area (Å²) in [5.41, 5.74) is 2.62. The van der Waals surface area contributed by atoms with Crippen molar-refractivity contribution in [3.05, 3.63) is 66.9 Å². The van der Waals surface area contributed by atoms with Gasteiger partial charge in [0, 0.05) is 31.8 Å². The second kappa shape index (κ2) is 4.83. The van der Waals surface area contributed by atoms with Crippen LogP contribution in [0.5, 0.6) is 0 Å². The molecule has 0 spiro atoms. The van der Waals surface area contributed by atoms with Crippen molar-refractivity contribution in [2.24, 2.45) is 0 Å². The first-order valence-electron chi connectivity index (χ1n) is 7.39. The molecule has 2 aromatic carbocycles. The molecule has 0 aliphatic carbocycles. The molecule has 5 aromatic rings. The lowest BCUT2D eigenvalue weighted by atomic mass is 10.1. The summed E-state index contributed by atoms with van der Waals surface area (Å²) in [6.45, 7) is 0. The molecule has 0 radical (unpaired) electrons. The van der Waals surface area contributed by atoms with Crippen molar-refractivity contribution >= 4 is 42.4 Å². The van der Waals surface area contributed by atoms with Gasteiger partial charge in [0.2, 0.25) is 0 Å². The molecule has 0 amide bonds. The number of thiophene rings is 1. The molecule has 3 heterocycles. The van der Waals surface area contributed by atoms with Crippen LogP contribution in [0.2, 0.25) is 0 Å². The maximum absolute atomic E-state index is 4.61. The Bertz CT molecular complexity index is 1180. The molecule has 0 unspecified atom stereocenters. The number of pyridine rings is 1. The van der Waals surface area contributed by atoms with Gasteiger partial charge in [-0.2, -0.15) is 0 Å². The summed E-state index contributed by atoms with van der Waals surface area (Å²) in [7, 11) is 0. The third kappa shape index (κ3) is 1.92. The minimum absolute atomic E-state index is 0.817. The largest absolute Gasteiger partial charge is 0.254 e. The fraction of sp³-hybridized carbons (Fsp3) is 0. The molecule has 0 N–H and O–H groups in total. The van der Waals surface area contributed by atoms with Crippen LogP contribution in [0, 0.1) is 0 Å². The first kappa shape index (κ1) is 12.7. The quantitative estimate of drug-likeness (QED) is 0.434. The zero-order valence-electron chi connectivity index (χ0n) is 12.1. The van der Waals surface area contributed by atoms with E-state index >= 15 is 0 Å². The second-order valence-corrected chi connectivity index (χ2v) is 6.50. The van der Waals surface area contributed by atoms with Gasteiger partial charge in [-0.15, -0.1) is 21.5 Å². The van der Waals surface area contributed by atoms with E-state index in [1.54, 1.807) is 11.3 Å². The van der Waals surface area contributed by atoms with Crippen LogP contribution in [0.15, 0.2) is 66.9 Å². The lowest BCUT2D eigenvalue weighted by Gasteiger charge is -2.03. The van der Waals surface area contributed by atoms with Crippen LogP contribution in [-0.2, 0) is 0 Å². The van der Waals surface area contributed by atoms with Crippen LogP contribution < -0.4 is 0 Å². The molecule has 0 aliphatic heterocycles. The summed E-state index contributed by atoms with van der Waals surface area (Å²) < 4.78 is 2.50. The third-order valence-corrected chi connectivity index (χ3v) is 5.16. The van der Waals surface area contributed by atoms with Crippen molar-refractivity contribution in [1.29, 1.82) is 0 Å². The summed E-state index contributed by atoms with van der Waals surface area (Å²) in [4.78, 5) is 4.61.